The molecule has 3 nitrogen and oxygen atoms in total. The molecule has 2 aromatic carbocycles. The van der Waals surface area contributed by atoms with E-state index in [0.717, 1.165) is 17.7 Å². The van der Waals surface area contributed by atoms with E-state index in [1.54, 1.807) is 19.2 Å². The van der Waals surface area contributed by atoms with E-state index in [0.29, 0.717) is 12.4 Å². The molecule has 21 heavy (non-hydrogen) atoms. The van der Waals surface area contributed by atoms with Gasteiger partial charge in [0.05, 0.1) is 19.8 Å². The lowest BCUT2D eigenvalue weighted by molar-refractivity contribution is 0.194. The second-order valence-corrected chi connectivity index (χ2v) is 4.81. The van der Waals surface area contributed by atoms with Gasteiger partial charge in [0.1, 0.15) is 17.3 Å². The first-order valence-electron chi connectivity index (χ1n) is 6.83. The number of ether oxygens (including phenoxy) is 2. The van der Waals surface area contributed by atoms with Gasteiger partial charge in [-0.3, -0.25) is 0 Å². The number of hydrogen-bond acceptors (Lipinski definition) is 3. The maximum atomic E-state index is 13.7. The largest absolute Gasteiger partial charge is 0.497 e. The number of methoxy groups -OCH3 is 1. The van der Waals surface area contributed by atoms with Gasteiger partial charge in [-0.1, -0.05) is 12.1 Å². The summed E-state index contributed by atoms with van der Waals surface area (Å²) in [5, 5.41) is 9.37. The van der Waals surface area contributed by atoms with Crippen LogP contribution in [0.25, 0.3) is 0 Å². The lowest BCUT2D eigenvalue weighted by atomic mass is 10.1. The number of benzene rings is 2. The zero-order valence-electron chi connectivity index (χ0n) is 12.2. The summed E-state index contributed by atoms with van der Waals surface area (Å²) in [6, 6.07) is 12.2. The van der Waals surface area contributed by atoms with Crippen molar-refractivity contribution in [3.05, 3.63) is 59.4 Å². The van der Waals surface area contributed by atoms with Crippen LogP contribution in [0.5, 0.6) is 11.5 Å². The van der Waals surface area contributed by atoms with Crippen LogP contribution in [0.4, 0.5) is 4.39 Å². The van der Waals surface area contributed by atoms with Crippen LogP contribution in [-0.4, -0.2) is 18.8 Å². The Morgan fingerprint density at radius 2 is 1.76 bits per heavy atom. The van der Waals surface area contributed by atoms with E-state index in [1.807, 2.05) is 24.3 Å². The Bertz CT molecular complexity index is 579. The van der Waals surface area contributed by atoms with Gasteiger partial charge in [-0.2, -0.15) is 0 Å². The zero-order valence-corrected chi connectivity index (χ0v) is 12.2. The molecule has 2 aromatic rings. The van der Waals surface area contributed by atoms with Crippen molar-refractivity contribution in [1.82, 2.24) is 0 Å². The van der Waals surface area contributed by atoms with Crippen molar-refractivity contribution in [2.24, 2.45) is 0 Å². The standard InChI is InChI=1S/C17H19FO3/c1-12(19)16-8-7-15(11-17(16)18)21-10-9-13-3-5-14(20-2)6-4-13/h3-8,11-12,19H,9-10H2,1-2H3. The molecule has 4 heteroatoms. The zero-order chi connectivity index (χ0) is 15.2. The second-order valence-electron chi connectivity index (χ2n) is 4.81. The van der Waals surface area contributed by atoms with Crippen molar-refractivity contribution in [3.63, 3.8) is 0 Å². The van der Waals surface area contributed by atoms with Crippen LogP contribution in [0.1, 0.15) is 24.2 Å². The van der Waals surface area contributed by atoms with Gasteiger partial charge in [-0.15, -0.1) is 0 Å². The fourth-order valence-electron chi connectivity index (χ4n) is 2.02. The van der Waals surface area contributed by atoms with Crippen molar-refractivity contribution in [1.29, 1.82) is 0 Å². The highest BCUT2D eigenvalue weighted by atomic mass is 19.1. The smallest absolute Gasteiger partial charge is 0.132 e. The maximum Gasteiger partial charge on any atom is 0.132 e. The third-order valence-corrected chi connectivity index (χ3v) is 3.24. The fraction of sp³-hybridized carbons (Fsp3) is 0.294. The predicted octanol–water partition coefficient (Wildman–Crippen LogP) is 3.51. The second kappa shape index (κ2) is 7.09. The Kier molecular flexibility index (Phi) is 5.17. The third kappa shape index (κ3) is 4.20. The van der Waals surface area contributed by atoms with Gasteiger partial charge in [0.25, 0.3) is 0 Å². The minimum Gasteiger partial charge on any atom is -0.497 e. The van der Waals surface area contributed by atoms with Crippen molar-refractivity contribution in [3.8, 4) is 11.5 Å². The van der Waals surface area contributed by atoms with Crippen LogP contribution in [0, 0.1) is 5.82 Å². The third-order valence-electron chi connectivity index (χ3n) is 3.24. The molecule has 0 saturated heterocycles. The molecule has 1 atom stereocenters. The van der Waals surface area contributed by atoms with Crippen LogP contribution in [0.3, 0.4) is 0 Å². The Balaban J connectivity index is 1.89. The highest BCUT2D eigenvalue weighted by molar-refractivity contribution is 5.30. The van der Waals surface area contributed by atoms with Crippen molar-refractivity contribution < 1.29 is 19.0 Å². The molecule has 0 fully saturated rings. The summed E-state index contributed by atoms with van der Waals surface area (Å²) in [6.45, 7) is 1.99. The molecule has 0 amide bonds. The first kappa shape index (κ1) is 15.3. The minimum absolute atomic E-state index is 0.275. The SMILES string of the molecule is COc1ccc(CCOc2ccc(C(C)O)c(F)c2)cc1. The summed E-state index contributed by atoms with van der Waals surface area (Å²) >= 11 is 0. The maximum absolute atomic E-state index is 13.7. The molecular formula is C17H19FO3. The normalized spacial score (nSPS) is 12.0. The van der Waals surface area contributed by atoms with Gasteiger partial charge >= 0.3 is 0 Å². The first-order valence-corrected chi connectivity index (χ1v) is 6.83. The number of rotatable bonds is 6. The quantitative estimate of drug-likeness (QED) is 0.885. The average Bonchev–Trinajstić information content (AvgIpc) is 2.47. The van der Waals surface area contributed by atoms with Crippen LogP contribution in [-0.2, 0) is 6.42 Å². The molecule has 0 aliphatic rings. The molecule has 2 rings (SSSR count). The molecule has 0 aliphatic carbocycles. The van der Waals surface area contributed by atoms with Gasteiger partial charge in [-0.25, -0.2) is 4.39 Å². The first-order chi connectivity index (χ1) is 10.1. The summed E-state index contributed by atoms with van der Waals surface area (Å²) in [7, 11) is 1.63. The van der Waals surface area contributed by atoms with Crippen molar-refractivity contribution >= 4 is 0 Å². The molecular weight excluding hydrogens is 271 g/mol. The van der Waals surface area contributed by atoms with Gasteiger partial charge < -0.3 is 14.6 Å². The van der Waals surface area contributed by atoms with Gasteiger partial charge in [0.2, 0.25) is 0 Å². The van der Waals surface area contributed by atoms with Crippen LogP contribution < -0.4 is 9.47 Å². The molecule has 0 aromatic heterocycles. The Hall–Kier alpha value is -2.07. The van der Waals surface area contributed by atoms with E-state index in [9.17, 15) is 9.50 Å². The lowest BCUT2D eigenvalue weighted by Crippen LogP contribution is -2.03. The summed E-state index contributed by atoms with van der Waals surface area (Å²) < 4.78 is 24.3. The van der Waals surface area contributed by atoms with Crippen LogP contribution in [0.2, 0.25) is 0 Å². The monoisotopic (exact) mass is 290 g/mol. The molecule has 0 bridgehead atoms. The molecule has 0 heterocycles. The predicted molar refractivity (Wildman–Crippen MR) is 79.2 cm³/mol. The number of hydrogen-bond donors (Lipinski definition) is 1. The summed E-state index contributed by atoms with van der Waals surface area (Å²) in [5.74, 6) is 0.827. The van der Waals surface area contributed by atoms with E-state index in [-0.39, 0.29) is 5.56 Å². The van der Waals surface area contributed by atoms with E-state index in [1.165, 1.54) is 13.0 Å². The highest BCUT2D eigenvalue weighted by Crippen LogP contribution is 2.22. The molecule has 0 radical (unpaired) electrons. The van der Waals surface area contributed by atoms with E-state index in [4.69, 9.17) is 9.47 Å². The van der Waals surface area contributed by atoms with Gasteiger partial charge in [0.15, 0.2) is 0 Å². The topological polar surface area (TPSA) is 38.7 Å². The van der Waals surface area contributed by atoms with E-state index in [2.05, 4.69) is 0 Å². The number of halogens is 1. The highest BCUT2D eigenvalue weighted by Gasteiger charge is 2.09. The van der Waals surface area contributed by atoms with Crippen LogP contribution >= 0.6 is 0 Å². The minimum atomic E-state index is -0.821. The molecule has 0 aliphatic heterocycles. The Morgan fingerprint density at radius 1 is 1.10 bits per heavy atom. The van der Waals surface area contributed by atoms with E-state index >= 15 is 0 Å². The Labute approximate surface area is 124 Å². The number of aliphatic hydroxyl groups excluding tert-OH is 1. The molecule has 0 spiro atoms. The van der Waals surface area contributed by atoms with Crippen molar-refractivity contribution in [2.75, 3.05) is 13.7 Å². The Morgan fingerprint density at radius 3 is 2.33 bits per heavy atom. The van der Waals surface area contributed by atoms with Crippen LogP contribution in [0.15, 0.2) is 42.5 Å². The summed E-state index contributed by atoms with van der Waals surface area (Å²) in [6.07, 6.45) is -0.0950. The summed E-state index contributed by atoms with van der Waals surface area (Å²) in [4.78, 5) is 0. The fourth-order valence-corrected chi connectivity index (χ4v) is 2.02. The average molecular weight is 290 g/mol. The lowest BCUT2D eigenvalue weighted by Gasteiger charge is -2.10. The van der Waals surface area contributed by atoms with Crippen molar-refractivity contribution in [2.45, 2.75) is 19.4 Å². The van der Waals surface area contributed by atoms with Gasteiger partial charge in [0, 0.05) is 18.1 Å². The molecule has 1 unspecified atom stereocenters. The molecule has 112 valence electrons. The van der Waals surface area contributed by atoms with Gasteiger partial charge in [-0.05, 0) is 36.8 Å². The molecule has 1 N–H and O–H groups in total. The van der Waals surface area contributed by atoms with E-state index < -0.39 is 11.9 Å². The summed E-state index contributed by atoms with van der Waals surface area (Å²) in [5.41, 5.74) is 1.40. The number of aliphatic hydroxyl groups is 1. The molecule has 0 saturated carbocycles.